The molecule has 0 aliphatic carbocycles. The summed E-state index contributed by atoms with van der Waals surface area (Å²) in [6, 6.07) is 8.15. The SMILES string of the molecule is O=C(CCCN1CCOC1=O)NCc1ccccc1N1CCOCC1. The lowest BCUT2D eigenvalue weighted by atomic mass is 10.1. The van der Waals surface area contributed by atoms with Gasteiger partial charge in [0.05, 0.1) is 19.8 Å². The average Bonchev–Trinajstić information content (AvgIpc) is 3.06. The Labute approximate surface area is 147 Å². The summed E-state index contributed by atoms with van der Waals surface area (Å²) in [7, 11) is 0. The first-order chi connectivity index (χ1) is 12.2. The number of anilines is 1. The van der Waals surface area contributed by atoms with E-state index in [0.29, 0.717) is 39.1 Å². The Bertz CT molecular complexity index is 602. The van der Waals surface area contributed by atoms with Crippen molar-refractivity contribution in [3.8, 4) is 0 Å². The second-order valence-electron chi connectivity index (χ2n) is 6.21. The van der Waals surface area contributed by atoms with E-state index in [0.717, 1.165) is 37.6 Å². The Kier molecular flexibility index (Phi) is 6.11. The lowest BCUT2D eigenvalue weighted by Gasteiger charge is -2.30. The topological polar surface area (TPSA) is 71.1 Å². The third-order valence-electron chi connectivity index (χ3n) is 4.50. The number of ether oxygens (including phenoxy) is 2. The van der Waals surface area contributed by atoms with Gasteiger partial charge in [0.15, 0.2) is 0 Å². The quantitative estimate of drug-likeness (QED) is 0.807. The van der Waals surface area contributed by atoms with Crippen LogP contribution in [-0.2, 0) is 20.8 Å². The number of para-hydroxylation sites is 1. The van der Waals surface area contributed by atoms with Crippen LogP contribution in [0.5, 0.6) is 0 Å². The molecule has 2 fully saturated rings. The molecule has 2 aliphatic rings. The second-order valence-corrected chi connectivity index (χ2v) is 6.21. The molecule has 0 aromatic heterocycles. The Balaban J connectivity index is 1.44. The second kappa shape index (κ2) is 8.71. The molecule has 0 spiro atoms. The van der Waals surface area contributed by atoms with Gasteiger partial charge in [0.25, 0.3) is 0 Å². The number of amides is 2. The molecule has 3 rings (SSSR count). The zero-order chi connectivity index (χ0) is 17.5. The van der Waals surface area contributed by atoms with Crippen LogP contribution in [0.3, 0.4) is 0 Å². The van der Waals surface area contributed by atoms with Gasteiger partial charge in [0, 0.05) is 38.3 Å². The van der Waals surface area contributed by atoms with Gasteiger partial charge < -0.3 is 24.6 Å². The summed E-state index contributed by atoms with van der Waals surface area (Å²) >= 11 is 0. The summed E-state index contributed by atoms with van der Waals surface area (Å²) in [6.45, 7) is 5.36. The zero-order valence-corrected chi connectivity index (χ0v) is 14.4. The number of hydrogen-bond acceptors (Lipinski definition) is 5. The normalized spacial score (nSPS) is 17.5. The number of benzene rings is 1. The molecule has 7 heteroatoms. The van der Waals surface area contributed by atoms with Crippen molar-refractivity contribution in [1.82, 2.24) is 10.2 Å². The predicted octanol–water partition coefficient (Wildman–Crippen LogP) is 1.37. The standard InChI is InChI=1S/C18H25N3O4/c22-17(6-3-7-21-10-13-25-18(21)23)19-14-15-4-1-2-5-16(15)20-8-11-24-12-9-20/h1-2,4-5H,3,6-14H2,(H,19,22). The highest BCUT2D eigenvalue weighted by Crippen LogP contribution is 2.21. The number of hydrogen-bond donors (Lipinski definition) is 1. The van der Waals surface area contributed by atoms with Crippen LogP contribution in [0.1, 0.15) is 18.4 Å². The van der Waals surface area contributed by atoms with E-state index in [1.54, 1.807) is 4.90 Å². The first kappa shape index (κ1) is 17.5. The minimum atomic E-state index is -0.278. The van der Waals surface area contributed by atoms with E-state index in [4.69, 9.17) is 9.47 Å². The smallest absolute Gasteiger partial charge is 0.409 e. The van der Waals surface area contributed by atoms with E-state index in [9.17, 15) is 9.59 Å². The van der Waals surface area contributed by atoms with Gasteiger partial charge in [-0.15, -0.1) is 0 Å². The summed E-state index contributed by atoms with van der Waals surface area (Å²) in [5.41, 5.74) is 2.27. The molecule has 136 valence electrons. The Morgan fingerprint density at radius 1 is 1.12 bits per heavy atom. The molecule has 25 heavy (non-hydrogen) atoms. The van der Waals surface area contributed by atoms with Gasteiger partial charge in [-0.05, 0) is 18.1 Å². The summed E-state index contributed by atoms with van der Waals surface area (Å²) in [4.78, 5) is 27.4. The fraction of sp³-hybridized carbons (Fsp3) is 0.556. The van der Waals surface area contributed by atoms with E-state index in [2.05, 4.69) is 16.3 Å². The summed E-state index contributed by atoms with van der Waals surface area (Å²) in [5.74, 6) is 0.00402. The first-order valence-electron chi connectivity index (χ1n) is 8.83. The highest BCUT2D eigenvalue weighted by atomic mass is 16.6. The molecule has 2 amide bonds. The van der Waals surface area contributed by atoms with Crippen LogP contribution in [0.2, 0.25) is 0 Å². The van der Waals surface area contributed by atoms with Crippen LogP contribution >= 0.6 is 0 Å². The zero-order valence-electron chi connectivity index (χ0n) is 14.4. The van der Waals surface area contributed by atoms with Crippen LogP contribution < -0.4 is 10.2 Å². The Hall–Kier alpha value is -2.28. The molecule has 0 bridgehead atoms. The van der Waals surface area contributed by atoms with E-state index >= 15 is 0 Å². The van der Waals surface area contributed by atoms with Gasteiger partial charge in [-0.1, -0.05) is 18.2 Å². The predicted molar refractivity (Wildman–Crippen MR) is 93.5 cm³/mol. The fourth-order valence-electron chi connectivity index (χ4n) is 3.11. The van der Waals surface area contributed by atoms with Crippen molar-refractivity contribution < 1.29 is 19.1 Å². The number of rotatable bonds is 7. The number of carbonyl (C=O) groups excluding carboxylic acids is 2. The van der Waals surface area contributed by atoms with Crippen LogP contribution in [-0.4, -0.2) is 62.9 Å². The van der Waals surface area contributed by atoms with E-state index in [-0.39, 0.29) is 12.0 Å². The molecule has 2 aliphatic heterocycles. The molecule has 0 unspecified atom stereocenters. The van der Waals surface area contributed by atoms with Crippen molar-refractivity contribution >= 4 is 17.7 Å². The molecule has 1 N–H and O–H groups in total. The monoisotopic (exact) mass is 347 g/mol. The molecular formula is C18H25N3O4. The lowest BCUT2D eigenvalue weighted by molar-refractivity contribution is -0.121. The van der Waals surface area contributed by atoms with E-state index in [1.165, 1.54) is 0 Å². The first-order valence-corrected chi connectivity index (χ1v) is 8.83. The Morgan fingerprint density at radius 2 is 1.92 bits per heavy atom. The highest BCUT2D eigenvalue weighted by molar-refractivity contribution is 5.76. The molecule has 2 heterocycles. The number of morpholine rings is 1. The maximum Gasteiger partial charge on any atom is 0.409 e. The van der Waals surface area contributed by atoms with Crippen LogP contribution in [0.15, 0.2) is 24.3 Å². The van der Waals surface area contributed by atoms with Crippen LogP contribution in [0.25, 0.3) is 0 Å². The molecule has 0 saturated carbocycles. The molecule has 1 aromatic carbocycles. The van der Waals surface area contributed by atoms with Gasteiger partial charge in [0.2, 0.25) is 5.91 Å². The van der Waals surface area contributed by atoms with Gasteiger partial charge >= 0.3 is 6.09 Å². The third-order valence-corrected chi connectivity index (χ3v) is 4.50. The molecular weight excluding hydrogens is 322 g/mol. The fourth-order valence-corrected chi connectivity index (χ4v) is 3.11. The minimum absolute atomic E-state index is 0.00402. The Morgan fingerprint density at radius 3 is 2.68 bits per heavy atom. The molecule has 1 aromatic rings. The minimum Gasteiger partial charge on any atom is -0.448 e. The summed E-state index contributed by atoms with van der Waals surface area (Å²) in [5, 5.41) is 2.98. The number of cyclic esters (lactones) is 1. The summed E-state index contributed by atoms with van der Waals surface area (Å²) < 4.78 is 10.3. The van der Waals surface area contributed by atoms with Crippen molar-refractivity contribution in [1.29, 1.82) is 0 Å². The molecule has 2 saturated heterocycles. The van der Waals surface area contributed by atoms with Crippen LogP contribution in [0.4, 0.5) is 10.5 Å². The van der Waals surface area contributed by atoms with Crippen molar-refractivity contribution in [2.75, 3.05) is 50.9 Å². The van der Waals surface area contributed by atoms with Gasteiger partial charge in [-0.3, -0.25) is 4.79 Å². The number of carbonyl (C=O) groups is 2. The van der Waals surface area contributed by atoms with E-state index in [1.807, 2.05) is 18.2 Å². The van der Waals surface area contributed by atoms with Crippen molar-refractivity contribution in [3.63, 3.8) is 0 Å². The average molecular weight is 347 g/mol. The van der Waals surface area contributed by atoms with Crippen molar-refractivity contribution in [2.24, 2.45) is 0 Å². The molecule has 0 radical (unpaired) electrons. The third kappa shape index (κ3) is 4.85. The number of nitrogens with one attached hydrogen (secondary N) is 1. The largest absolute Gasteiger partial charge is 0.448 e. The summed E-state index contributed by atoms with van der Waals surface area (Å²) in [6.07, 6.45) is 0.773. The van der Waals surface area contributed by atoms with Gasteiger partial charge in [0.1, 0.15) is 6.61 Å². The van der Waals surface area contributed by atoms with Crippen LogP contribution in [0, 0.1) is 0 Å². The van der Waals surface area contributed by atoms with Gasteiger partial charge in [-0.25, -0.2) is 4.79 Å². The van der Waals surface area contributed by atoms with Crippen molar-refractivity contribution in [3.05, 3.63) is 29.8 Å². The molecule has 0 atom stereocenters. The lowest BCUT2D eigenvalue weighted by Crippen LogP contribution is -2.37. The van der Waals surface area contributed by atoms with Gasteiger partial charge in [-0.2, -0.15) is 0 Å². The maximum atomic E-state index is 12.1. The van der Waals surface area contributed by atoms with Crippen molar-refractivity contribution in [2.45, 2.75) is 19.4 Å². The highest BCUT2D eigenvalue weighted by Gasteiger charge is 2.21. The molecule has 7 nitrogen and oxygen atoms in total. The van der Waals surface area contributed by atoms with E-state index < -0.39 is 0 Å². The number of nitrogens with zero attached hydrogens (tertiary/aromatic N) is 2. The maximum absolute atomic E-state index is 12.1.